The lowest BCUT2D eigenvalue weighted by atomic mass is 9.77. The average Bonchev–Trinajstić information content (AvgIpc) is 3.06. The molecule has 0 N–H and O–H groups in total. The molecule has 1 fully saturated rings. The first-order chi connectivity index (χ1) is 25.1. The van der Waals surface area contributed by atoms with Gasteiger partial charge >= 0.3 is 12.5 Å². The maximum Gasteiger partial charge on any atom is 0.573 e. The monoisotopic (exact) mass is 758 g/mol. The zero-order chi connectivity index (χ0) is 38.5. The second-order valence-electron chi connectivity index (χ2n) is 13.4. The highest BCUT2D eigenvalue weighted by atomic mass is 19.4. The minimum absolute atomic E-state index is 0.0739. The minimum atomic E-state index is -5.30. The van der Waals surface area contributed by atoms with E-state index in [0.29, 0.717) is 18.1 Å². The van der Waals surface area contributed by atoms with Crippen molar-refractivity contribution in [2.45, 2.75) is 95.9 Å². The summed E-state index contributed by atoms with van der Waals surface area (Å²) in [5, 5.41) is 0. The van der Waals surface area contributed by atoms with Gasteiger partial charge in [-0.15, -0.1) is 13.2 Å². The van der Waals surface area contributed by atoms with Gasteiger partial charge in [0.25, 0.3) is 0 Å². The quantitative estimate of drug-likeness (QED) is 0.0942. The summed E-state index contributed by atoms with van der Waals surface area (Å²) >= 11 is 0. The van der Waals surface area contributed by atoms with E-state index in [1.54, 1.807) is 6.07 Å². The van der Waals surface area contributed by atoms with E-state index in [2.05, 4.69) is 16.4 Å². The highest BCUT2D eigenvalue weighted by molar-refractivity contribution is 5.72. The molecule has 2 nitrogen and oxygen atoms in total. The van der Waals surface area contributed by atoms with E-state index >= 15 is 13.2 Å². The van der Waals surface area contributed by atoms with Crippen LogP contribution in [-0.2, 0) is 6.11 Å². The van der Waals surface area contributed by atoms with Crippen LogP contribution in [-0.4, -0.2) is 6.36 Å². The predicted octanol–water partition coefficient (Wildman–Crippen LogP) is 13.9. The molecule has 0 bridgehead atoms. The molecule has 1 aliphatic rings. The molecule has 0 amide bonds. The number of rotatable bonds is 14. The second kappa shape index (κ2) is 16.8. The first kappa shape index (κ1) is 39.9. The van der Waals surface area contributed by atoms with Crippen LogP contribution >= 0.6 is 0 Å². The number of alkyl halides is 5. The molecule has 1 saturated carbocycles. The van der Waals surface area contributed by atoms with Gasteiger partial charge in [0.2, 0.25) is 0 Å². The lowest BCUT2D eigenvalue weighted by Gasteiger charge is -2.29. The van der Waals surface area contributed by atoms with Gasteiger partial charge in [0.05, 0.1) is 5.56 Å². The van der Waals surface area contributed by atoms with Crippen LogP contribution < -0.4 is 9.47 Å². The van der Waals surface area contributed by atoms with Crippen LogP contribution in [0.2, 0.25) is 0 Å². The highest BCUT2D eigenvalue weighted by Crippen LogP contribution is 2.42. The Balaban J connectivity index is 1.28. The van der Waals surface area contributed by atoms with Crippen molar-refractivity contribution >= 4 is 0 Å². The summed E-state index contributed by atoms with van der Waals surface area (Å²) in [5.74, 6) is -10.9. The van der Waals surface area contributed by atoms with Crippen LogP contribution in [0.5, 0.6) is 11.5 Å². The molecule has 0 heterocycles. The molecule has 0 saturated heterocycles. The summed E-state index contributed by atoms with van der Waals surface area (Å²) in [5.41, 5.74) is -3.36. The fraction of sp³-hybridized carbons (Fsp3) is 0.400. The fourth-order valence-corrected chi connectivity index (χ4v) is 6.97. The summed E-state index contributed by atoms with van der Waals surface area (Å²) in [6, 6.07) is 7.25. The zero-order valence-electron chi connectivity index (χ0n) is 28.7. The Morgan fingerprint density at radius 2 is 1.19 bits per heavy atom. The van der Waals surface area contributed by atoms with E-state index in [-0.39, 0.29) is 35.2 Å². The summed E-state index contributed by atoms with van der Waals surface area (Å²) in [4.78, 5) is 0. The minimum Gasteiger partial charge on any atom is -0.429 e. The van der Waals surface area contributed by atoms with E-state index in [0.717, 1.165) is 43.4 Å². The normalized spacial score (nSPS) is 16.5. The van der Waals surface area contributed by atoms with E-state index in [9.17, 15) is 35.1 Å². The van der Waals surface area contributed by atoms with Gasteiger partial charge in [-0.05, 0) is 96.7 Å². The van der Waals surface area contributed by atoms with Crippen LogP contribution in [0.1, 0.15) is 94.6 Å². The van der Waals surface area contributed by atoms with Crippen LogP contribution in [0, 0.1) is 40.8 Å². The SMILES string of the molecule is CCCCCCCCC1CCC(c2ccc(-c3cc(F)c(-c4cc(F)c(C(F)(F)Oc5ccc(OC(F)(F)F)c(F)c5)c(F)c4)c(F)c3)c(F)c2)CC1. The van der Waals surface area contributed by atoms with Crippen LogP contribution in [0.3, 0.4) is 0 Å². The van der Waals surface area contributed by atoms with Crippen molar-refractivity contribution in [2.24, 2.45) is 5.92 Å². The van der Waals surface area contributed by atoms with E-state index < -0.39 is 75.6 Å². The topological polar surface area (TPSA) is 18.5 Å². The molecular weight excluding hydrogens is 721 g/mol. The molecule has 53 heavy (non-hydrogen) atoms. The Morgan fingerprint density at radius 1 is 0.585 bits per heavy atom. The van der Waals surface area contributed by atoms with Crippen molar-refractivity contribution in [2.75, 3.05) is 0 Å². The van der Waals surface area contributed by atoms with Gasteiger partial charge in [-0.2, -0.15) is 8.78 Å². The van der Waals surface area contributed by atoms with Gasteiger partial charge in [0.15, 0.2) is 11.6 Å². The van der Waals surface area contributed by atoms with E-state index in [1.807, 2.05) is 0 Å². The van der Waals surface area contributed by atoms with Crippen molar-refractivity contribution in [1.29, 1.82) is 0 Å². The number of benzene rings is 4. The molecule has 4 aromatic rings. The number of hydrogen-bond acceptors (Lipinski definition) is 2. The molecule has 0 spiro atoms. The average molecular weight is 759 g/mol. The van der Waals surface area contributed by atoms with Crippen molar-refractivity contribution in [3.05, 3.63) is 107 Å². The Kier molecular flexibility index (Phi) is 12.7. The Morgan fingerprint density at radius 3 is 1.77 bits per heavy atom. The van der Waals surface area contributed by atoms with E-state index in [1.165, 1.54) is 57.1 Å². The third-order valence-corrected chi connectivity index (χ3v) is 9.63. The van der Waals surface area contributed by atoms with Crippen LogP contribution in [0.4, 0.5) is 48.3 Å². The molecule has 5 rings (SSSR count). The molecule has 4 aromatic carbocycles. The maximum absolute atomic E-state index is 15.4. The maximum atomic E-state index is 15.4. The highest BCUT2D eigenvalue weighted by Gasteiger charge is 2.42. The summed E-state index contributed by atoms with van der Waals surface area (Å²) in [6.07, 6.45) is 2.40. The van der Waals surface area contributed by atoms with Crippen LogP contribution in [0.15, 0.2) is 60.7 Å². The first-order valence-electron chi connectivity index (χ1n) is 17.5. The lowest BCUT2D eigenvalue weighted by molar-refractivity contribution is -0.275. The third-order valence-electron chi connectivity index (χ3n) is 9.63. The Labute approximate surface area is 299 Å². The molecule has 1 aliphatic carbocycles. The third kappa shape index (κ3) is 10.0. The molecule has 0 atom stereocenters. The lowest BCUT2D eigenvalue weighted by Crippen LogP contribution is -2.25. The van der Waals surface area contributed by atoms with Crippen molar-refractivity contribution in [3.8, 4) is 33.8 Å². The zero-order valence-corrected chi connectivity index (χ0v) is 28.7. The van der Waals surface area contributed by atoms with Gasteiger partial charge in [-0.3, -0.25) is 0 Å². The molecule has 0 unspecified atom stereocenters. The molecule has 0 radical (unpaired) electrons. The molecule has 286 valence electrons. The van der Waals surface area contributed by atoms with Crippen molar-refractivity contribution in [3.63, 3.8) is 0 Å². The smallest absolute Gasteiger partial charge is 0.429 e. The summed E-state index contributed by atoms with van der Waals surface area (Å²) in [7, 11) is 0. The number of halogens is 11. The Hall–Kier alpha value is -4.29. The Bertz CT molecular complexity index is 1840. The number of hydrogen-bond donors (Lipinski definition) is 0. The second-order valence-corrected chi connectivity index (χ2v) is 13.4. The van der Waals surface area contributed by atoms with Gasteiger partial charge in [0, 0.05) is 11.6 Å². The first-order valence-corrected chi connectivity index (χ1v) is 17.5. The molecular formula is C40H37F11O2. The predicted molar refractivity (Wildman–Crippen MR) is 177 cm³/mol. The van der Waals surface area contributed by atoms with Gasteiger partial charge in [0.1, 0.15) is 40.4 Å². The summed E-state index contributed by atoms with van der Waals surface area (Å²) in [6.45, 7) is 2.19. The van der Waals surface area contributed by atoms with Crippen LogP contribution in [0.25, 0.3) is 22.3 Å². The van der Waals surface area contributed by atoms with E-state index in [4.69, 9.17) is 0 Å². The fourth-order valence-electron chi connectivity index (χ4n) is 6.97. The van der Waals surface area contributed by atoms with Gasteiger partial charge in [-0.25, -0.2) is 26.3 Å². The standard InChI is InChI=1S/C40H37F11O2/c1-2-3-4-5-6-7-8-23-9-11-24(12-10-23)25-13-15-29(30(41)17-25)26-18-32(43)37(33(44)19-26)27-20-34(45)38(35(46)21-27)39(47,48)52-28-14-16-36(31(42)22-28)53-40(49,50)51/h13-24H,2-12H2,1H3. The van der Waals surface area contributed by atoms with Crippen molar-refractivity contribution < 1.29 is 57.8 Å². The molecule has 0 aliphatic heterocycles. The molecule has 0 aromatic heterocycles. The van der Waals surface area contributed by atoms with Crippen molar-refractivity contribution in [1.82, 2.24) is 0 Å². The van der Waals surface area contributed by atoms with Gasteiger partial charge < -0.3 is 9.47 Å². The summed E-state index contributed by atoms with van der Waals surface area (Å²) < 4.78 is 164. The number of ether oxygens (including phenoxy) is 2. The number of unbranched alkanes of at least 4 members (excludes halogenated alkanes) is 5. The molecule has 13 heteroatoms. The largest absolute Gasteiger partial charge is 0.573 e. The van der Waals surface area contributed by atoms with Gasteiger partial charge in [-0.1, -0.05) is 64.0 Å².